The highest BCUT2D eigenvalue weighted by Crippen LogP contribution is 2.21. The molecule has 1 unspecified atom stereocenters. The van der Waals surface area contributed by atoms with Gasteiger partial charge in [-0.2, -0.15) is 0 Å². The Balaban J connectivity index is 2.54. The summed E-state index contributed by atoms with van der Waals surface area (Å²) in [6.07, 6.45) is 2.40. The summed E-state index contributed by atoms with van der Waals surface area (Å²) in [6.45, 7) is 10.2. The lowest BCUT2D eigenvalue weighted by atomic mass is 9.96. The van der Waals surface area contributed by atoms with E-state index in [0.717, 1.165) is 18.4 Å². The highest BCUT2D eigenvalue weighted by atomic mass is 14.9. The number of hydrogen-bond donors (Lipinski definition) is 1. The maximum Gasteiger partial charge on any atom is 0.0210 e. The van der Waals surface area contributed by atoms with Crippen molar-refractivity contribution in [2.24, 2.45) is 17.8 Å². The Labute approximate surface area is 69.9 Å². The summed E-state index contributed by atoms with van der Waals surface area (Å²) in [5.74, 6) is 2.20. The van der Waals surface area contributed by atoms with Crippen molar-refractivity contribution in [2.45, 2.75) is 27.7 Å². The maximum absolute atomic E-state index is 3.45. The van der Waals surface area contributed by atoms with Gasteiger partial charge in [0.05, 0.1) is 0 Å². The first-order valence-corrected chi connectivity index (χ1v) is 4.57. The molecule has 1 nitrogen and oxygen atoms in total. The quantitative estimate of drug-likeness (QED) is 0.642. The number of hydrogen-bond acceptors (Lipinski definition) is 1. The summed E-state index contributed by atoms with van der Waals surface area (Å²) in [5.41, 5.74) is 1.43. The second-order valence-corrected chi connectivity index (χ2v) is 4.07. The fourth-order valence-electron chi connectivity index (χ4n) is 1.41. The molecule has 1 heterocycles. The second-order valence-electron chi connectivity index (χ2n) is 4.07. The molecule has 1 aliphatic heterocycles. The van der Waals surface area contributed by atoms with E-state index in [2.05, 4.69) is 39.1 Å². The van der Waals surface area contributed by atoms with Crippen molar-refractivity contribution in [2.75, 3.05) is 6.54 Å². The third kappa shape index (κ3) is 1.98. The Morgan fingerprint density at radius 1 is 1.36 bits per heavy atom. The summed E-state index contributed by atoms with van der Waals surface area (Å²) in [7, 11) is 0. The zero-order chi connectivity index (χ0) is 8.43. The first kappa shape index (κ1) is 8.63. The van der Waals surface area contributed by atoms with Crippen LogP contribution in [0.5, 0.6) is 0 Å². The van der Waals surface area contributed by atoms with E-state index in [9.17, 15) is 0 Å². The van der Waals surface area contributed by atoms with Crippen LogP contribution >= 0.6 is 0 Å². The molecule has 0 aliphatic carbocycles. The van der Waals surface area contributed by atoms with Crippen LogP contribution in [-0.2, 0) is 0 Å². The third-order valence-corrected chi connectivity index (χ3v) is 2.41. The molecule has 0 radical (unpaired) electrons. The Morgan fingerprint density at radius 2 is 2.00 bits per heavy atom. The first-order chi connectivity index (χ1) is 5.11. The van der Waals surface area contributed by atoms with Crippen LogP contribution in [0.4, 0.5) is 0 Å². The minimum absolute atomic E-state index is 0.666. The molecule has 0 spiro atoms. The Bertz CT molecular complexity index is 156. The molecule has 64 valence electrons. The molecule has 0 saturated heterocycles. The van der Waals surface area contributed by atoms with E-state index in [4.69, 9.17) is 0 Å². The van der Waals surface area contributed by atoms with E-state index in [-0.39, 0.29) is 0 Å². The van der Waals surface area contributed by atoms with Crippen LogP contribution in [0.25, 0.3) is 0 Å². The minimum Gasteiger partial charge on any atom is -0.388 e. The van der Waals surface area contributed by atoms with Crippen LogP contribution in [-0.4, -0.2) is 6.54 Å². The maximum atomic E-state index is 3.45. The topological polar surface area (TPSA) is 12.0 Å². The Kier molecular flexibility index (Phi) is 2.58. The molecule has 0 fully saturated rings. The lowest BCUT2D eigenvalue weighted by molar-refractivity contribution is 0.475. The van der Waals surface area contributed by atoms with Crippen molar-refractivity contribution < 1.29 is 0 Å². The molecule has 1 atom stereocenters. The van der Waals surface area contributed by atoms with Crippen LogP contribution < -0.4 is 5.32 Å². The van der Waals surface area contributed by atoms with E-state index in [1.54, 1.807) is 0 Å². The third-order valence-electron chi connectivity index (χ3n) is 2.41. The smallest absolute Gasteiger partial charge is 0.0210 e. The van der Waals surface area contributed by atoms with Crippen molar-refractivity contribution in [3.8, 4) is 0 Å². The zero-order valence-corrected chi connectivity index (χ0v) is 8.02. The molecule has 0 aromatic carbocycles. The van der Waals surface area contributed by atoms with Gasteiger partial charge in [0.1, 0.15) is 0 Å². The summed E-state index contributed by atoms with van der Waals surface area (Å²) >= 11 is 0. The van der Waals surface area contributed by atoms with Crippen LogP contribution in [0, 0.1) is 17.8 Å². The largest absolute Gasteiger partial charge is 0.388 e. The minimum atomic E-state index is 0.666. The fraction of sp³-hybridized carbons (Fsp3) is 0.800. The summed E-state index contributed by atoms with van der Waals surface area (Å²) < 4.78 is 0. The van der Waals surface area contributed by atoms with Crippen molar-refractivity contribution in [3.05, 3.63) is 11.8 Å². The summed E-state index contributed by atoms with van der Waals surface area (Å²) in [4.78, 5) is 0. The molecular weight excluding hydrogens is 134 g/mol. The number of allylic oxidation sites excluding steroid dienone is 1. The fourth-order valence-corrected chi connectivity index (χ4v) is 1.41. The van der Waals surface area contributed by atoms with Crippen LogP contribution in [0.2, 0.25) is 0 Å². The highest BCUT2D eigenvalue weighted by molar-refractivity contribution is 5.11. The molecular formula is C10H19N. The van der Waals surface area contributed by atoms with Gasteiger partial charge in [0.25, 0.3) is 0 Å². The van der Waals surface area contributed by atoms with Gasteiger partial charge in [-0.3, -0.25) is 0 Å². The van der Waals surface area contributed by atoms with Crippen molar-refractivity contribution in [1.82, 2.24) is 5.32 Å². The molecule has 11 heavy (non-hydrogen) atoms. The van der Waals surface area contributed by atoms with Gasteiger partial charge >= 0.3 is 0 Å². The van der Waals surface area contributed by atoms with Gasteiger partial charge < -0.3 is 5.32 Å². The molecule has 1 N–H and O–H groups in total. The van der Waals surface area contributed by atoms with E-state index in [0.29, 0.717) is 5.92 Å². The van der Waals surface area contributed by atoms with Gasteiger partial charge in [-0.05, 0) is 17.8 Å². The van der Waals surface area contributed by atoms with Gasteiger partial charge in [0.15, 0.2) is 0 Å². The lowest BCUT2D eigenvalue weighted by Gasteiger charge is -2.09. The molecule has 0 bridgehead atoms. The number of rotatable bonds is 2. The molecule has 0 amide bonds. The Morgan fingerprint density at radius 3 is 2.27 bits per heavy atom. The Hall–Kier alpha value is -0.460. The van der Waals surface area contributed by atoms with Gasteiger partial charge in [-0.1, -0.05) is 33.8 Å². The van der Waals surface area contributed by atoms with Crippen molar-refractivity contribution in [1.29, 1.82) is 0 Å². The van der Waals surface area contributed by atoms with E-state index in [1.807, 2.05) is 0 Å². The SMILES string of the molecule is CC(C)C1=CC(C(C)C)CN1. The van der Waals surface area contributed by atoms with Gasteiger partial charge in [-0.15, -0.1) is 0 Å². The summed E-state index contributed by atoms with van der Waals surface area (Å²) in [5, 5.41) is 3.45. The molecule has 0 saturated carbocycles. The molecule has 0 aromatic rings. The average Bonchev–Trinajstić information content (AvgIpc) is 2.33. The van der Waals surface area contributed by atoms with Crippen LogP contribution in [0.1, 0.15) is 27.7 Å². The van der Waals surface area contributed by atoms with Gasteiger partial charge in [-0.25, -0.2) is 0 Å². The second kappa shape index (κ2) is 3.29. The molecule has 1 rings (SSSR count). The van der Waals surface area contributed by atoms with E-state index >= 15 is 0 Å². The van der Waals surface area contributed by atoms with Crippen molar-refractivity contribution >= 4 is 0 Å². The van der Waals surface area contributed by atoms with E-state index in [1.165, 1.54) is 5.70 Å². The highest BCUT2D eigenvalue weighted by Gasteiger charge is 2.18. The molecule has 1 heteroatoms. The lowest BCUT2D eigenvalue weighted by Crippen LogP contribution is -2.17. The van der Waals surface area contributed by atoms with Gasteiger partial charge in [0.2, 0.25) is 0 Å². The predicted molar refractivity (Wildman–Crippen MR) is 49.3 cm³/mol. The summed E-state index contributed by atoms with van der Waals surface area (Å²) in [6, 6.07) is 0. The monoisotopic (exact) mass is 153 g/mol. The number of nitrogens with one attached hydrogen (secondary N) is 1. The molecule has 1 aliphatic rings. The average molecular weight is 153 g/mol. The zero-order valence-electron chi connectivity index (χ0n) is 8.02. The molecule has 0 aromatic heterocycles. The standard InChI is InChI=1S/C10H19N/c1-7(2)9-5-10(8(3)4)11-6-9/h5,7-9,11H,6H2,1-4H3. The van der Waals surface area contributed by atoms with Gasteiger partial charge in [0, 0.05) is 12.2 Å². The predicted octanol–water partition coefficient (Wildman–Crippen LogP) is 2.40. The first-order valence-electron chi connectivity index (χ1n) is 4.57. The van der Waals surface area contributed by atoms with Crippen LogP contribution in [0.15, 0.2) is 11.8 Å². The van der Waals surface area contributed by atoms with Crippen molar-refractivity contribution in [3.63, 3.8) is 0 Å². The van der Waals surface area contributed by atoms with Crippen LogP contribution in [0.3, 0.4) is 0 Å². The normalized spacial score (nSPS) is 24.2. The van der Waals surface area contributed by atoms with E-state index < -0.39 is 0 Å².